The van der Waals surface area contributed by atoms with Gasteiger partial charge >= 0.3 is 0 Å². The Morgan fingerprint density at radius 3 is 2.68 bits per heavy atom. The maximum atomic E-state index is 12.3. The van der Waals surface area contributed by atoms with Crippen LogP contribution in [0.5, 0.6) is 0 Å². The zero-order valence-corrected chi connectivity index (χ0v) is 15.9. The van der Waals surface area contributed by atoms with Gasteiger partial charge < -0.3 is 20.0 Å². The first-order valence-corrected chi connectivity index (χ1v) is 9.42. The van der Waals surface area contributed by atoms with Crippen molar-refractivity contribution in [3.63, 3.8) is 0 Å². The number of aryl methyl sites for hydroxylation is 1. The zero-order chi connectivity index (χ0) is 19.9. The number of hydrogen-bond acceptors (Lipinski definition) is 5. The van der Waals surface area contributed by atoms with Crippen molar-refractivity contribution >= 4 is 17.7 Å². The van der Waals surface area contributed by atoms with Crippen LogP contribution in [-0.4, -0.2) is 58.1 Å². The van der Waals surface area contributed by atoms with E-state index >= 15 is 0 Å². The normalized spacial score (nSPS) is 14.7. The van der Waals surface area contributed by atoms with Gasteiger partial charge in [-0.25, -0.2) is 0 Å². The first kappa shape index (κ1) is 19.7. The highest BCUT2D eigenvalue weighted by molar-refractivity contribution is 5.94. The molecule has 3 rings (SSSR count). The second-order valence-corrected chi connectivity index (χ2v) is 6.87. The van der Waals surface area contributed by atoms with Gasteiger partial charge in [0.2, 0.25) is 5.91 Å². The minimum atomic E-state index is -0.275. The number of carbonyl (C=O) groups excluding carboxylic acids is 3. The van der Waals surface area contributed by atoms with Gasteiger partial charge in [0.25, 0.3) is 11.8 Å². The minimum absolute atomic E-state index is 0.0596. The van der Waals surface area contributed by atoms with E-state index in [1.807, 2.05) is 4.90 Å². The lowest BCUT2D eigenvalue weighted by Crippen LogP contribution is -2.46. The van der Waals surface area contributed by atoms with Gasteiger partial charge in [-0.3, -0.25) is 19.1 Å². The Morgan fingerprint density at radius 2 is 2.04 bits per heavy atom. The van der Waals surface area contributed by atoms with E-state index in [0.29, 0.717) is 38.0 Å². The van der Waals surface area contributed by atoms with E-state index in [9.17, 15) is 14.4 Å². The summed E-state index contributed by atoms with van der Waals surface area (Å²) in [5.74, 6) is -0.0705. The molecule has 1 saturated heterocycles. The molecule has 150 valence electrons. The molecule has 1 fully saturated rings. The summed E-state index contributed by atoms with van der Waals surface area (Å²) < 4.78 is 6.60. The van der Waals surface area contributed by atoms with E-state index in [-0.39, 0.29) is 29.5 Å². The minimum Gasteiger partial charge on any atom is -0.459 e. The van der Waals surface area contributed by atoms with Crippen LogP contribution in [0.15, 0.2) is 35.2 Å². The van der Waals surface area contributed by atoms with Crippen LogP contribution in [0.3, 0.4) is 0 Å². The fourth-order valence-electron chi connectivity index (χ4n) is 3.17. The Bertz CT molecular complexity index is 806. The van der Waals surface area contributed by atoms with E-state index in [4.69, 9.17) is 4.42 Å². The Hall–Kier alpha value is -3.10. The van der Waals surface area contributed by atoms with Crippen LogP contribution in [0.2, 0.25) is 0 Å². The third-order valence-electron chi connectivity index (χ3n) is 4.75. The lowest BCUT2D eigenvalue weighted by Gasteiger charge is -2.32. The Kier molecular flexibility index (Phi) is 6.46. The fourth-order valence-corrected chi connectivity index (χ4v) is 3.17. The first-order valence-electron chi connectivity index (χ1n) is 9.42. The van der Waals surface area contributed by atoms with Gasteiger partial charge in [0.1, 0.15) is 0 Å². The van der Waals surface area contributed by atoms with Crippen molar-refractivity contribution in [2.75, 3.05) is 19.6 Å². The van der Waals surface area contributed by atoms with E-state index in [1.54, 1.807) is 36.3 Å². The lowest BCUT2D eigenvalue weighted by atomic mass is 10.0. The molecule has 9 nitrogen and oxygen atoms in total. The number of hydrogen-bond donors (Lipinski definition) is 2. The van der Waals surface area contributed by atoms with Crippen molar-refractivity contribution in [3.8, 4) is 0 Å². The number of nitrogens with zero attached hydrogens (tertiary/aromatic N) is 3. The number of carbonyl (C=O) groups is 3. The molecule has 0 atom stereocenters. The quantitative estimate of drug-likeness (QED) is 0.688. The van der Waals surface area contributed by atoms with Crippen molar-refractivity contribution in [1.29, 1.82) is 0 Å². The Balaban J connectivity index is 1.32. The molecule has 28 heavy (non-hydrogen) atoms. The number of amides is 3. The second kappa shape index (κ2) is 9.20. The van der Waals surface area contributed by atoms with Crippen LogP contribution < -0.4 is 10.6 Å². The molecular weight excluding hydrogens is 362 g/mol. The van der Waals surface area contributed by atoms with Gasteiger partial charge in [0.15, 0.2) is 5.76 Å². The van der Waals surface area contributed by atoms with Crippen LogP contribution in [0.25, 0.3) is 0 Å². The van der Waals surface area contributed by atoms with Gasteiger partial charge in [0.05, 0.1) is 18.0 Å². The Labute approximate surface area is 163 Å². The summed E-state index contributed by atoms with van der Waals surface area (Å²) in [5.41, 5.74) is 0.539. The van der Waals surface area contributed by atoms with Gasteiger partial charge in [-0.15, -0.1) is 0 Å². The molecule has 0 aliphatic carbocycles. The van der Waals surface area contributed by atoms with E-state index in [0.717, 1.165) is 12.8 Å². The molecule has 0 bridgehead atoms. The summed E-state index contributed by atoms with van der Waals surface area (Å²) in [6.07, 6.45) is 7.08. The van der Waals surface area contributed by atoms with Crippen molar-refractivity contribution in [2.45, 2.75) is 31.7 Å². The topological polar surface area (TPSA) is 109 Å². The third kappa shape index (κ3) is 5.21. The SMILES string of the molecule is Cn1cc(C(=O)NC2CCN(C(=O)CCCNC(=O)c3ccco3)CC2)cn1. The molecule has 9 heteroatoms. The number of rotatable bonds is 7. The number of aromatic nitrogens is 2. The zero-order valence-electron chi connectivity index (χ0n) is 15.9. The Morgan fingerprint density at radius 1 is 1.25 bits per heavy atom. The average molecular weight is 387 g/mol. The molecule has 0 aromatic carbocycles. The average Bonchev–Trinajstić information content (AvgIpc) is 3.37. The van der Waals surface area contributed by atoms with Crippen molar-refractivity contribution < 1.29 is 18.8 Å². The number of piperidine rings is 1. The second-order valence-electron chi connectivity index (χ2n) is 6.87. The van der Waals surface area contributed by atoms with Gasteiger partial charge in [-0.1, -0.05) is 0 Å². The van der Waals surface area contributed by atoms with Gasteiger partial charge in [-0.2, -0.15) is 5.10 Å². The highest BCUT2D eigenvalue weighted by atomic mass is 16.3. The molecule has 3 amide bonds. The molecular formula is C19H25N5O4. The first-order chi connectivity index (χ1) is 13.5. The third-order valence-corrected chi connectivity index (χ3v) is 4.75. The van der Waals surface area contributed by atoms with Crippen molar-refractivity contribution in [2.24, 2.45) is 7.05 Å². The fraction of sp³-hybridized carbons (Fsp3) is 0.474. The maximum absolute atomic E-state index is 12.3. The molecule has 2 aromatic rings. The van der Waals surface area contributed by atoms with E-state index < -0.39 is 0 Å². The van der Waals surface area contributed by atoms with Crippen LogP contribution in [0, 0.1) is 0 Å². The summed E-state index contributed by atoms with van der Waals surface area (Å²) in [5, 5.41) is 9.73. The summed E-state index contributed by atoms with van der Waals surface area (Å²) in [4.78, 5) is 38.1. The molecule has 0 saturated carbocycles. The van der Waals surface area contributed by atoms with Crippen LogP contribution in [0.1, 0.15) is 46.6 Å². The molecule has 0 unspecified atom stereocenters. The van der Waals surface area contributed by atoms with Crippen LogP contribution in [-0.2, 0) is 11.8 Å². The van der Waals surface area contributed by atoms with E-state index in [2.05, 4.69) is 15.7 Å². The molecule has 0 spiro atoms. The standard InChI is InChI=1S/C19H25N5O4/c1-23-13-14(12-21-23)18(26)22-15-6-9-24(10-7-15)17(25)5-2-8-20-19(27)16-4-3-11-28-16/h3-4,11-13,15H,2,5-10H2,1H3,(H,20,27)(H,22,26). The van der Waals surface area contributed by atoms with Crippen molar-refractivity contribution in [3.05, 3.63) is 42.1 Å². The maximum Gasteiger partial charge on any atom is 0.286 e. The lowest BCUT2D eigenvalue weighted by molar-refractivity contribution is -0.132. The molecule has 2 N–H and O–H groups in total. The predicted octanol–water partition coefficient (Wildman–Crippen LogP) is 0.944. The van der Waals surface area contributed by atoms with Gasteiger partial charge in [-0.05, 0) is 31.4 Å². The number of furan rings is 1. The molecule has 1 aliphatic rings. The number of nitrogens with one attached hydrogen (secondary N) is 2. The summed E-state index contributed by atoms with van der Waals surface area (Å²) >= 11 is 0. The smallest absolute Gasteiger partial charge is 0.286 e. The molecule has 2 aromatic heterocycles. The number of likely N-dealkylation sites (tertiary alicyclic amines) is 1. The molecule has 3 heterocycles. The summed E-state index contributed by atoms with van der Waals surface area (Å²) in [7, 11) is 1.77. The molecule has 1 aliphatic heterocycles. The summed E-state index contributed by atoms with van der Waals surface area (Å²) in [6.45, 7) is 1.66. The van der Waals surface area contributed by atoms with E-state index in [1.165, 1.54) is 6.26 Å². The van der Waals surface area contributed by atoms with Crippen LogP contribution in [0.4, 0.5) is 0 Å². The predicted molar refractivity (Wildman–Crippen MR) is 101 cm³/mol. The highest BCUT2D eigenvalue weighted by Gasteiger charge is 2.24. The highest BCUT2D eigenvalue weighted by Crippen LogP contribution is 2.13. The van der Waals surface area contributed by atoms with Crippen LogP contribution >= 0.6 is 0 Å². The molecule has 0 radical (unpaired) electrons. The van der Waals surface area contributed by atoms with Crippen molar-refractivity contribution in [1.82, 2.24) is 25.3 Å². The summed E-state index contributed by atoms with van der Waals surface area (Å²) in [6, 6.07) is 3.31. The largest absolute Gasteiger partial charge is 0.459 e. The van der Waals surface area contributed by atoms with Gasteiger partial charge in [0, 0.05) is 45.3 Å². The monoisotopic (exact) mass is 387 g/mol.